The fourth-order valence-electron chi connectivity index (χ4n) is 3.57. The predicted molar refractivity (Wildman–Crippen MR) is 89.5 cm³/mol. The molecule has 2 unspecified atom stereocenters. The number of nitriles is 1. The van der Waals surface area contributed by atoms with Gasteiger partial charge in [-0.3, -0.25) is 4.79 Å². The molecule has 0 fully saturated rings. The van der Waals surface area contributed by atoms with E-state index in [9.17, 15) is 10.1 Å². The number of carbonyl (C=O) groups excluding carboxylic acids is 1. The molecule has 0 saturated heterocycles. The van der Waals surface area contributed by atoms with E-state index in [1.165, 1.54) is 0 Å². The monoisotopic (exact) mass is 324 g/mol. The second-order valence-corrected chi connectivity index (χ2v) is 6.00. The van der Waals surface area contributed by atoms with E-state index in [2.05, 4.69) is 17.5 Å². The SMILES string of the molecule is COc1ccc(OC)c(C2C(C#N)=C(C)NC3=CCCC(=O)C32)c1. The number of Topliss-reactive ketones (excluding diaryl/α,β-unsaturated/α-hetero) is 1. The number of benzene rings is 1. The number of methoxy groups -OCH3 is 2. The highest BCUT2D eigenvalue weighted by Crippen LogP contribution is 2.46. The Morgan fingerprint density at radius 2 is 2.04 bits per heavy atom. The van der Waals surface area contributed by atoms with Crippen molar-refractivity contribution in [2.45, 2.75) is 25.7 Å². The fraction of sp³-hybridized carbons (Fsp3) is 0.368. The Morgan fingerprint density at radius 1 is 1.25 bits per heavy atom. The van der Waals surface area contributed by atoms with Gasteiger partial charge in [0.25, 0.3) is 0 Å². The molecular formula is C19H20N2O3. The number of ketones is 1. The number of fused-ring (bicyclic) bond motifs is 1. The Morgan fingerprint density at radius 3 is 2.71 bits per heavy atom. The Bertz CT molecular complexity index is 786. The van der Waals surface area contributed by atoms with Gasteiger partial charge in [0.1, 0.15) is 17.3 Å². The van der Waals surface area contributed by atoms with E-state index in [1.54, 1.807) is 14.2 Å². The molecule has 0 saturated carbocycles. The first-order valence-electron chi connectivity index (χ1n) is 7.93. The van der Waals surface area contributed by atoms with Gasteiger partial charge < -0.3 is 14.8 Å². The highest BCUT2D eigenvalue weighted by molar-refractivity contribution is 5.87. The number of nitrogens with zero attached hydrogens (tertiary/aromatic N) is 1. The van der Waals surface area contributed by atoms with Gasteiger partial charge in [-0.05, 0) is 31.5 Å². The van der Waals surface area contributed by atoms with E-state index in [0.29, 0.717) is 23.5 Å². The third kappa shape index (κ3) is 2.54. The Kier molecular flexibility index (Phi) is 4.30. The molecule has 1 N–H and O–H groups in total. The fourth-order valence-corrected chi connectivity index (χ4v) is 3.57. The van der Waals surface area contributed by atoms with Gasteiger partial charge in [0.15, 0.2) is 0 Å². The van der Waals surface area contributed by atoms with Crippen LogP contribution in [-0.2, 0) is 4.79 Å². The quantitative estimate of drug-likeness (QED) is 0.925. The Hall–Kier alpha value is -2.74. The lowest BCUT2D eigenvalue weighted by Gasteiger charge is -2.37. The lowest BCUT2D eigenvalue weighted by atomic mass is 9.71. The zero-order valence-corrected chi connectivity index (χ0v) is 14.1. The van der Waals surface area contributed by atoms with Crippen molar-refractivity contribution >= 4 is 5.78 Å². The lowest BCUT2D eigenvalue weighted by molar-refractivity contribution is -0.122. The van der Waals surface area contributed by atoms with Crippen LogP contribution in [0, 0.1) is 17.2 Å². The molecule has 3 rings (SSSR count). The first kappa shape index (κ1) is 16.1. The van der Waals surface area contributed by atoms with Crippen molar-refractivity contribution in [2.24, 2.45) is 5.92 Å². The van der Waals surface area contributed by atoms with Gasteiger partial charge in [0.2, 0.25) is 0 Å². The van der Waals surface area contributed by atoms with E-state index in [-0.39, 0.29) is 17.6 Å². The molecule has 5 heteroatoms. The van der Waals surface area contributed by atoms with Crippen molar-refractivity contribution in [1.29, 1.82) is 5.26 Å². The smallest absolute Gasteiger partial charge is 0.143 e. The van der Waals surface area contributed by atoms with Gasteiger partial charge in [-0.2, -0.15) is 5.26 Å². The second-order valence-electron chi connectivity index (χ2n) is 6.00. The molecule has 1 heterocycles. The van der Waals surface area contributed by atoms with Gasteiger partial charge in [-0.1, -0.05) is 6.08 Å². The van der Waals surface area contributed by atoms with Crippen molar-refractivity contribution in [2.75, 3.05) is 14.2 Å². The zero-order chi connectivity index (χ0) is 17.3. The predicted octanol–water partition coefficient (Wildman–Crippen LogP) is 3.05. The van der Waals surface area contributed by atoms with Gasteiger partial charge in [0, 0.05) is 29.3 Å². The number of rotatable bonds is 3. The number of carbonyl (C=O) groups is 1. The minimum Gasteiger partial charge on any atom is -0.497 e. The summed E-state index contributed by atoms with van der Waals surface area (Å²) < 4.78 is 10.8. The summed E-state index contributed by atoms with van der Waals surface area (Å²) in [5.74, 6) is 0.739. The number of nitrogens with one attached hydrogen (secondary N) is 1. The van der Waals surface area contributed by atoms with Crippen molar-refractivity contribution in [1.82, 2.24) is 5.32 Å². The summed E-state index contributed by atoms with van der Waals surface area (Å²) in [6.07, 6.45) is 3.29. The topological polar surface area (TPSA) is 71.3 Å². The summed E-state index contributed by atoms with van der Waals surface area (Å²) in [7, 11) is 3.19. The zero-order valence-electron chi connectivity index (χ0n) is 14.1. The maximum atomic E-state index is 12.6. The lowest BCUT2D eigenvalue weighted by Crippen LogP contribution is -2.38. The first-order chi connectivity index (χ1) is 11.6. The molecule has 2 atom stereocenters. The summed E-state index contributed by atoms with van der Waals surface area (Å²) in [6.45, 7) is 1.87. The maximum Gasteiger partial charge on any atom is 0.143 e. The van der Waals surface area contributed by atoms with Crippen molar-refractivity contribution < 1.29 is 14.3 Å². The van der Waals surface area contributed by atoms with Crippen LogP contribution in [-0.4, -0.2) is 20.0 Å². The molecule has 124 valence electrons. The van der Waals surface area contributed by atoms with E-state index in [4.69, 9.17) is 9.47 Å². The van der Waals surface area contributed by atoms with Crippen molar-refractivity contribution in [3.8, 4) is 17.6 Å². The molecule has 1 aromatic carbocycles. The minimum atomic E-state index is -0.377. The van der Waals surface area contributed by atoms with Crippen LogP contribution in [0.15, 0.2) is 41.2 Å². The molecule has 0 aromatic heterocycles. The van der Waals surface area contributed by atoms with Gasteiger partial charge in [-0.15, -0.1) is 0 Å². The summed E-state index contributed by atoms with van der Waals surface area (Å²) in [5.41, 5.74) is 3.04. The molecule has 0 spiro atoms. The molecule has 1 aliphatic carbocycles. The number of hydrogen-bond donors (Lipinski definition) is 1. The molecule has 0 bridgehead atoms. The molecular weight excluding hydrogens is 304 g/mol. The summed E-state index contributed by atoms with van der Waals surface area (Å²) in [5, 5.41) is 12.9. The highest BCUT2D eigenvalue weighted by atomic mass is 16.5. The van der Waals surface area contributed by atoms with Crippen LogP contribution >= 0.6 is 0 Å². The largest absolute Gasteiger partial charge is 0.497 e. The molecule has 1 aliphatic heterocycles. The standard InChI is InChI=1S/C19H20N2O3/c1-11-14(10-20)18(19-15(21-11)5-4-6-16(19)22)13-9-12(23-2)7-8-17(13)24-3/h5,7-9,18-19,21H,4,6H2,1-3H3. The minimum absolute atomic E-state index is 0.148. The van der Waals surface area contributed by atoms with Crippen molar-refractivity contribution in [3.05, 3.63) is 46.8 Å². The van der Waals surface area contributed by atoms with Gasteiger partial charge in [0.05, 0.1) is 31.8 Å². The van der Waals surface area contributed by atoms with Crippen LogP contribution in [0.2, 0.25) is 0 Å². The van der Waals surface area contributed by atoms with Gasteiger partial charge in [-0.25, -0.2) is 0 Å². The third-order valence-corrected chi connectivity index (χ3v) is 4.71. The number of ether oxygens (including phenoxy) is 2. The summed E-state index contributed by atoms with van der Waals surface area (Å²) >= 11 is 0. The average molecular weight is 324 g/mol. The summed E-state index contributed by atoms with van der Waals surface area (Å²) in [6, 6.07) is 7.77. The second kappa shape index (κ2) is 6.40. The van der Waals surface area contributed by atoms with E-state index < -0.39 is 0 Å². The maximum absolute atomic E-state index is 12.6. The molecule has 1 aromatic rings. The van der Waals surface area contributed by atoms with Crippen LogP contribution in [0.5, 0.6) is 11.5 Å². The molecule has 0 radical (unpaired) electrons. The average Bonchev–Trinajstić information content (AvgIpc) is 2.60. The molecule has 5 nitrogen and oxygen atoms in total. The Balaban J connectivity index is 2.24. The van der Waals surface area contributed by atoms with Crippen LogP contribution in [0.1, 0.15) is 31.2 Å². The van der Waals surface area contributed by atoms with E-state index in [1.807, 2.05) is 25.1 Å². The molecule has 2 aliphatic rings. The summed E-state index contributed by atoms with van der Waals surface area (Å²) in [4.78, 5) is 12.6. The molecule has 24 heavy (non-hydrogen) atoms. The van der Waals surface area contributed by atoms with Crippen LogP contribution in [0.25, 0.3) is 0 Å². The van der Waals surface area contributed by atoms with Gasteiger partial charge >= 0.3 is 0 Å². The molecule has 0 amide bonds. The normalized spacial score (nSPS) is 22.9. The van der Waals surface area contributed by atoms with Crippen LogP contribution in [0.4, 0.5) is 0 Å². The number of hydrogen-bond acceptors (Lipinski definition) is 5. The highest BCUT2D eigenvalue weighted by Gasteiger charge is 2.41. The van der Waals surface area contributed by atoms with E-state index in [0.717, 1.165) is 23.4 Å². The Labute approximate surface area is 141 Å². The third-order valence-electron chi connectivity index (χ3n) is 4.71. The first-order valence-corrected chi connectivity index (χ1v) is 7.93. The van der Waals surface area contributed by atoms with Crippen molar-refractivity contribution in [3.63, 3.8) is 0 Å². The van der Waals surface area contributed by atoms with Crippen LogP contribution in [0.3, 0.4) is 0 Å². The van der Waals surface area contributed by atoms with Crippen LogP contribution < -0.4 is 14.8 Å². The van der Waals surface area contributed by atoms with E-state index >= 15 is 0 Å². The number of allylic oxidation sites excluding steroid dienone is 4.